The average Bonchev–Trinajstić information content (AvgIpc) is 2.65. The quantitative estimate of drug-likeness (QED) is 0.821. The molecule has 0 aliphatic heterocycles. The number of carbonyl (C=O) groups is 1. The van der Waals surface area contributed by atoms with Gasteiger partial charge < -0.3 is 9.52 Å². The van der Waals surface area contributed by atoms with E-state index in [1.165, 1.54) is 30.5 Å². The van der Waals surface area contributed by atoms with Crippen LogP contribution in [-0.4, -0.2) is 11.1 Å². The maximum atomic E-state index is 12.9. The normalized spacial score (nSPS) is 10.2. The number of carboxylic acid groups (broad SMARTS) is 1. The molecule has 0 aliphatic carbocycles. The molecule has 1 aromatic heterocycles. The molecule has 0 radical (unpaired) electrons. The first-order valence-corrected chi connectivity index (χ1v) is 4.25. The van der Waals surface area contributed by atoms with E-state index in [2.05, 4.69) is 0 Å². The molecule has 1 aromatic carbocycles. The van der Waals surface area contributed by atoms with Crippen LogP contribution < -0.4 is 0 Å². The van der Waals surface area contributed by atoms with Gasteiger partial charge in [-0.3, -0.25) is 0 Å². The maximum Gasteiger partial charge on any atom is 0.372 e. The lowest BCUT2D eigenvalue weighted by Gasteiger charge is -1.98. The van der Waals surface area contributed by atoms with Crippen molar-refractivity contribution < 1.29 is 18.7 Å². The van der Waals surface area contributed by atoms with E-state index in [1.807, 2.05) is 0 Å². The topological polar surface area (TPSA) is 50.4 Å². The predicted molar refractivity (Wildman–Crippen MR) is 51.1 cm³/mol. The molecule has 3 nitrogen and oxygen atoms in total. The van der Waals surface area contributed by atoms with Crippen LogP contribution in [0.5, 0.6) is 0 Å². The second-order valence-electron chi connectivity index (χ2n) is 2.98. The van der Waals surface area contributed by atoms with Gasteiger partial charge in [-0.05, 0) is 23.8 Å². The molecular weight excluding hydrogens is 199 g/mol. The molecule has 1 heterocycles. The van der Waals surface area contributed by atoms with Gasteiger partial charge in [-0.1, -0.05) is 12.1 Å². The monoisotopic (exact) mass is 206 g/mol. The SMILES string of the molecule is O=C(O)c1occc1-c1cccc(F)c1. The van der Waals surface area contributed by atoms with Crippen LogP contribution in [0.2, 0.25) is 0 Å². The van der Waals surface area contributed by atoms with Gasteiger partial charge in [0.15, 0.2) is 0 Å². The van der Waals surface area contributed by atoms with E-state index in [9.17, 15) is 9.18 Å². The van der Waals surface area contributed by atoms with Crippen molar-refractivity contribution in [2.24, 2.45) is 0 Å². The van der Waals surface area contributed by atoms with Gasteiger partial charge >= 0.3 is 5.97 Å². The van der Waals surface area contributed by atoms with Gasteiger partial charge in [0.05, 0.1) is 6.26 Å². The molecule has 0 saturated carbocycles. The van der Waals surface area contributed by atoms with Crippen LogP contribution >= 0.6 is 0 Å². The lowest BCUT2D eigenvalue weighted by atomic mass is 10.1. The molecule has 2 rings (SSSR count). The van der Waals surface area contributed by atoms with Crippen molar-refractivity contribution in [1.82, 2.24) is 0 Å². The van der Waals surface area contributed by atoms with Crippen LogP contribution in [0.1, 0.15) is 10.6 Å². The Labute approximate surface area is 84.8 Å². The summed E-state index contributed by atoms with van der Waals surface area (Å²) in [6, 6.07) is 7.20. The van der Waals surface area contributed by atoms with Crippen LogP contribution in [-0.2, 0) is 0 Å². The molecule has 0 bridgehead atoms. The van der Waals surface area contributed by atoms with E-state index in [1.54, 1.807) is 6.07 Å². The summed E-state index contributed by atoms with van der Waals surface area (Å²) in [6.07, 6.45) is 1.27. The summed E-state index contributed by atoms with van der Waals surface area (Å²) >= 11 is 0. The number of benzene rings is 1. The van der Waals surface area contributed by atoms with E-state index >= 15 is 0 Å². The predicted octanol–water partition coefficient (Wildman–Crippen LogP) is 2.78. The van der Waals surface area contributed by atoms with Crippen LogP contribution in [0.4, 0.5) is 4.39 Å². The Kier molecular flexibility index (Phi) is 2.25. The standard InChI is InChI=1S/C11H7FO3/c12-8-3-1-2-7(6-8)9-4-5-15-10(9)11(13)14/h1-6H,(H,13,14). The Morgan fingerprint density at radius 3 is 2.80 bits per heavy atom. The third-order valence-electron chi connectivity index (χ3n) is 2.00. The molecule has 4 heteroatoms. The van der Waals surface area contributed by atoms with Gasteiger partial charge in [-0.25, -0.2) is 9.18 Å². The van der Waals surface area contributed by atoms with Crippen molar-refractivity contribution in [3.63, 3.8) is 0 Å². The maximum absolute atomic E-state index is 12.9. The van der Waals surface area contributed by atoms with Crippen molar-refractivity contribution >= 4 is 5.97 Å². The molecule has 0 aliphatic rings. The number of furan rings is 1. The smallest absolute Gasteiger partial charge is 0.372 e. The highest BCUT2D eigenvalue weighted by Crippen LogP contribution is 2.25. The summed E-state index contributed by atoms with van der Waals surface area (Å²) in [6.45, 7) is 0. The molecule has 0 fully saturated rings. The first-order chi connectivity index (χ1) is 7.18. The fourth-order valence-electron chi connectivity index (χ4n) is 1.36. The number of aromatic carboxylic acids is 1. The number of hydrogen-bond acceptors (Lipinski definition) is 2. The van der Waals surface area contributed by atoms with Crippen molar-refractivity contribution in [3.8, 4) is 11.1 Å². The first-order valence-electron chi connectivity index (χ1n) is 4.25. The van der Waals surface area contributed by atoms with Crippen molar-refractivity contribution in [2.45, 2.75) is 0 Å². The van der Waals surface area contributed by atoms with E-state index in [0.29, 0.717) is 11.1 Å². The van der Waals surface area contributed by atoms with Crippen LogP contribution in [0.15, 0.2) is 41.0 Å². The van der Waals surface area contributed by atoms with Crippen LogP contribution in [0.25, 0.3) is 11.1 Å². The fraction of sp³-hybridized carbons (Fsp3) is 0. The molecule has 0 unspecified atom stereocenters. The lowest BCUT2D eigenvalue weighted by Crippen LogP contribution is -1.95. The molecule has 0 saturated heterocycles. The van der Waals surface area contributed by atoms with Gasteiger partial charge in [-0.15, -0.1) is 0 Å². The zero-order chi connectivity index (χ0) is 10.8. The fourth-order valence-corrected chi connectivity index (χ4v) is 1.36. The minimum Gasteiger partial charge on any atom is -0.475 e. The highest BCUT2D eigenvalue weighted by molar-refractivity contribution is 5.93. The highest BCUT2D eigenvalue weighted by Gasteiger charge is 2.15. The average molecular weight is 206 g/mol. The van der Waals surface area contributed by atoms with E-state index in [-0.39, 0.29) is 5.76 Å². The summed E-state index contributed by atoms with van der Waals surface area (Å²) in [5, 5.41) is 8.80. The largest absolute Gasteiger partial charge is 0.475 e. The third-order valence-corrected chi connectivity index (χ3v) is 2.00. The van der Waals surface area contributed by atoms with Gasteiger partial charge in [0.1, 0.15) is 5.82 Å². The van der Waals surface area contributed by atoms with Crippen molar-refractivity contribution in [1.29, 1.82) is 0 Å². The van der Waals surface area contributed by atoms with Crippen molar-refractivity contribution in [3.05, 3.63) is 48.2 Å². The Morgan fingerprint density at radius 1 is 1.33 bits per heavy atom. The highest BCUT2D eigenvalue weighted by atomic mass is 19.1. The molecule has 2 aromatic rings. The Morgan fingerprint density at radius 2 is 2.13 bits per heavy atom. The first kappa shape index (κ1) is 9.45. The summed E-state index contributed by atoms with van der Waals surface area (Å²) < 4.78 is 17.7. The summed E-state index contributed by atoms with van der Waals surface area (Å²) in [7, 11) is 0. The van der Waals surface area contributed by atoms with Gasteiger partial charge in [0, 0.05) is 5.56 Å². The molecule has 0 amide bonds. The zero-order valence-electron chi connectivity index (χ0n) is 7.61. The third kappa shape index (κ3) is 1.74. The Hall–Kier alpha value is -2.10. The number of rotatable bonds is 2. The lowest BCUT2D eigenvalue weighted by molar-refractivity contribution is 0.0663. The molecule has 0 atom stereocenters. The summed E-state index contributed by atoms with van der Waals surface area (Å²) in [5.41, 5.74) is 0.864. The Bertz CT molecular complexity index is 502. The van der Waals surface area contributed by atoms with Crippen molar-refractivity contribution in [2.75, 3.05) is 0 Å². The van der Waals surface area contributed by atoms with E-state index in [0.717, 1.165) is 0 Å². The second kappa shape index (κ2) is 3.57. The van der Waals surface area contributed by atoms with Crippen LogP contribution in [0, 0.1) is 5.82 Å². The minimum absolute atomic E-state index is 0.180. The molecule has 0 spiro atoms. The number of hydrogen-bond donors (Lipinski definition) is 1. The molecule has 1 N–H and O–H groups in total. The number of carboxylic acids is 1. The summed E-state index contributed by atoms with van der Waals surface area (Å²) in [4.78, 5) is 10.8. The van der Waals surface area contributed by atoms with Gasteiger partial charge in [0.25, 0.3) is 0 Å². The Balaban J connectivity index is 2.54. The minimum atomic E-state index is -1.17. The van der Waals surface area contributed by atoms with Crippen LogP contribution in [0.3, 0.4) is 0 Å². The van der Waals surface area contributed by atoms with Gasteiger partial charge in [-0.2, -0.15) is 0 Å². The number of halogens is 1. The molecular formula is C11H7FO3. The summed E-state index contributed by atoms with van der Waals surface area (Å²) in [5.74, 6) is -1.76. The second-order valence-corrected chi connectivity index (χ2v) is 2.98. The van der Waals surface area contributed by atoms with Gasteiger partial charge in [0.2, 0.25) is 5.76 Å². The molecule has 15 heavy (non-hydrogen) atoms. The zero-order valence-corrected chi connectivity index (χ0v) is 7.61. The van der Waals surface area contributed by atoms with E-state index < -0.39 is 11.8 Å². The van der Waals surface area contributed by atoms with E-state index in [4.69, 9.17) is 9.52 Å². The molecule has 76 valence electrons.